The molecule has 0 aliphatic heterocycles. The summed E-state index contributed by atoms with van der Waals surface area (Å²) in [5, 5.41) is 0. The average Bonchev–Trinajstić information content (AvgIpc) is 2.39. The third-order valence-corrected chi connectivity index (χ3v) is 3.63. The van der Waals surface area contributed by atoms with E-state index in [2.05, 4.69) is 15.9 Å². The molecule has 1 atom stereocenters. The van der Waals surface area contributed by atoms with Crippen LogP contribution in [0.15, 0.2) is 34.8 Å². The van der Waals surface area contributed by atoms with Crippen molar-refractivity contribution in [1.82, 2.24) is 0 Å². The van der Waals surface area contributed by atoms with Crippen LogP contribution in [0.2, 0.25) is 0 Å². The first-order valence-electron chi connectivity index (χ1n) is 6.04. The smallest absolute Gasteiger partial charge is 0.133 e. The summed E-state index contributed by atoms with van der Waals surface area (Å²) in [6.45, 7) is 1.53. The highest BCUT2D eigenvalue weighted by Crippen LogP contribution is 2.26. The number of hydrogen-bond acceptors (Lipinski definition) is 1. The van der Waals surface area contributed by atoms with E-state index in [-0.39, 0.29) is 12.0 Å². The Morgan fingerprint density at radius 3 is 2.45 bits per heavy atom. The number of halogens is 4. The first kappa shape index (κ1) is 15.1. The van der Waals surface area contributed by atoms with Crippen LogP contribution >= 0.6 is 15.9 Å². The van der Waals surface area contributed by atoms with Crippen molar-refractivity contribution in [3.63, 3.8) is 0 Å². The second-order valence-corrected chi connectivity index (χ2v) is 5.55. The van der Waals surface area contributed by atoms with Crippen molar-refractivity contribution in [3.8, 4) is 0 Å². The van der Waals surface area contributed by atoms with E-state index in [9.17, 15) is 13.2 Å². The molecule has 20 heavy (non-hydrogen) atoms. The summed E-state index contributed by atoms with van der Waals surface area (Å²) in [5.74, 6) is -1.83. The van der Waals surface area contributed by atoms with Crippen LogP contribution in [-0.2, 0) is 6.42 Å². The second kappa shape index (κ2) is 5.97. The Labute approximate surface area is 123 Å². The molecule has 0 saturated heterocycles. The molecule has 0 aliphatic carbocycles. The van der Waals surface area contributed by atoms with E-state index < -0.39 is 23.5 Å². The normalized spacial score (nSPS) is 12.5. The molecule has 0 aromatic heterocycles. The van der Waals surface area contributed by atoms with Gasteiger partial charge in [-0.05, 0) is 48.7 Å². The quantitative estimate of drug-likeness (QED) is 0.877. The van der Waals surface area contributed by atoms with E-state index in [4.69, 9.17) is 5.73 Å². The molecule has 0 saturated carbocycles. The van der Waals surface area contributed by atoms with Gasteiger partial charge in [-0.25, -0.2) is 13.2 Å². The van der Waals surface area contributed by atoms with Gasteiger partial charge in [-0.2, -0.15) is 0 Å². The summed E-state index contributed by atoms with van der Waals surface area (Å²) in [6.07, 6.45) is 0.0164. The van der Waals surface area contributed by atoms with Gasteiger partial charge in [0.05, 0.1) is 0 Å². The van der Waals surface area contributed by atoms with Crippen LogP contribution in [0.3, 0.4) is 0 Å². The van der Waals surface area contributed by atoms with Crippen LogP contribution in [0.4, 0.5) is 13.2 Å². The lowest BCUT2D eigenvalue weighted by Gasteiger charge is -2.16. The van der Waals surface area contributed by atoms with Crippen molar-refractivity contribution in [2.45, 2.75) is 19.4 Å². The molecule has 0 spiro atoms. The van der Waals surface area contributed by atoms with Crippen molar-refractivity contribution < 1.29 is 13.2 Å². The SMILES string of the molecule is Cc1ccc(F)c(C(N)Cc2cc(Br)ccc2F)c1F. The summed E-state index contributed by atoms with van der Waals surface area (Å²) in [6, 6.07) is 5.97. The largest absolute Gasteiger partial charge is 0.323 e. The molecule has 0 heterocycles. The first-order valence-corrected chi connectivity index (χ1v) is 6.83. The fraction of sp³-hybridized carbons (Fsp3) is 0.200. The lowest BCUT2D eigenvalue weighted by molar-refractivity contribution is 0.513. The maximum atomic E-state index is 14.0. The van der Waals surface area contributed by atoms with Gasteiger partial charge >= 0.3 is 0 Å². The van der Waals surface area contributed by atoms with Gasteiger partial charge in [0.25, 0.3) is 0 Å². The summed E-state index contributed by atoms with van der Waals surface area (Å²) in [4.78, 5) is 0. The summed E-state index contributed by atoms with van der Waals surface area (Å²) in [7, 11) is 0. The Hall–Kier alpha value is -1.33. The minimum atomic E-state index is -0.946. The summed E-state index contributed by atoms with van der Waals surface area (Å²) in [5.41, 5.74) is 6.27. The van der Waals surface area contributed by atoms with Crippen molar-refractivity contribution in [2.24, 2.45) is 5.73 Å². The lowest BCUT2D eigenvalue weighted by atomic mass is 9.97. The third-order valence-electron chi connectivity index (χ3n) is 3.14. The molecule has 5 heteroatoms. The van der Waals surface area contributed by atoms with Gasteiger partial charge in [0.2, 0.25) is 0 Å². The Kier molecular flexibility index (Phi) is 4.50. The molecule has 0 aliphatic rings. The van der Waals surface area contributed by atoms with E-state index in [1.807, 2.05) is 0 Å². The number of benzene rings is 2. The topological polar surface area (TPSA) is 26.0 Å². The maximum absolute atomic E-state index is 14.0. The average molecular weight is 344 g/mol. The van der Waals surface area contributed by atoms with Crippen molar-refractivity contribution in [1.29, 1.82) is 0 Å². The van der Waals surface area contributed by atoms with E-state index >= 15 is 0 Å². The molecule has 0 fully saturated rings. The second-order valence-electron chi connectivity index (χ2n) is 4.64. The highest BCUT2D eigenvalue weighted by Gasteiger charge is 2.20. The number of aryl methyl sites for hydroxylation is 1. The van der Waals surface area contributed by atoms with Crippen LogP contribution in [0.1, 0.15) is 22.7 Å². The monoisotopic (exact) mass is 343 g/mol. The highest BCUT2D eigenvalue weighted by atomic mass is 79.9. The Morgan fingerprint density at radius 2 is 1.75 bits per heavy atom. The number of nitrogens with two attached hydrogens (primary N) is 1. The maximum Gasteiger partial charge on any atom is 0.133 e. The predicted molar refractivity (Wildman–Crippen MR) is 75.8 cm³/mol. The van der Waals surface area contributed by atoms with Gasteiger partial charge in [-0.3, -0.25) is 0 Å². The minimum absolute atomic E-state index is 0.0164. The molecule has 1 unspecified atom stereocenters. The van der Waals surface area contributed by atoms with Gasteiger partial charge in [0, 0.05) is 16.1 Å². The molecule has 2 rings (SSSR count). The Bertz CT molecular complexity index is 643. The molecule has 0 bridgehead atoms. The fourth-order valence-corrected chi connectivity index (χ4v) is 2.47. The number of hydrogen-bond donors (Lipinski definition) is 1. The van der Waals surface area contributed by atoms with Crippen LogP contribution < -0.4 is 5.73 Å². The Morgan fingerprint density at radius 1 is 1.10 bits per heavy atom. The summed E-state index contributed by atoms with van der Waals surface area (Å²) < 4.78 is 42.1. The molecule has 1 nitrogen and oxygen atoms in total. The predicted octanol–water partition coefficient (Wildman–Crippen LogP) is 4.42. The molecule has 106 valence electrons. The summed E-state index contributed by atoms with van der Waals surface area (Å²) >= 11 is 3.23. The van der Waals surface area contributed by atoms with Gasteiger partial charge in [0.1, 0.15) is 17.5 Å². The van der Waals surface area contributed by atoms with Gasteiger partial charge in [-0.15, -0.1) is 0 Å². The lowest BCUT2D eigenvalue weighted by Crippen LogP contribution is -2.18. The van der Waals surface area contributed by atoms with Gasteiger partial charge < -0.3 is 5.73 Å². The highest BCUT2D eigenvalue weighted by molar-refractivity contribution is 9.10. The van der Waals surface area contributed by atoms with E-state index in [1.54, 1.807) is 12.1 Å². The van der Waals surface area contributed by atoms with Gasteiger partial charge in [0.15, 0.2) is 0 Å². The molecule has 2 N–H and O–H groups in total. The van der Waals surface area contributed by atoms with Crippen LogP contribution in [0, 0.1) is 24.4 Å². The van der Waals surface area contributed by atoms with Crippen LogP contribution in [-0.4, -0.2) is 0 Å². The van der Waals surface area contributed by atoms with Crippen molar-refractivity contribution in [2.75, 3.05) is 0 Å². The van der Waals surface area contributed by atoms with E-state index in [1.165, 1.54) is 25.1 Å². The zero-order valence-corrected chi connectivity index (χ0v) is 12.3. The zero-order valence-electron chi connectivity index (χ0n) is 10.8. The van der Waals surface area contributed by atoms with Crippen LogP contribution in [0.5, 0.6) is 0 Å². The molecule has 2 aromatic rings. The molecular formula is C15H13BrF3N. The zero-order chi connectivity index (χ0) is 14.9. The standard InChI is InChI=1S/C15H13BrF3N/c1-8-2-4-12(18)14(15(8)19)13(20)7-9-6-10(16)3-5-11(9)17/h2-6,13H,7,20H2,1H3. The van der Waals surface area contributed by atoms with Gasteiger partial charge in [-0.1, -0.05) is 22.0 Å². The molecule has 2 aromatic carbocycles. The molecule has 0 radical (unpaired) electrons. The van der Waals surface area contributed by atoms with Crippen molar-refractivity contribution in [3.05, 3.63) is 68.9 Å². The van der Waals surface area contributed by atoms with Crippen molar-refractivity contribution >= 4 is 15.9 Å². The number of rotatable bonds is 3. The third kappa shape index (κ3) is 3.04. The first-order chi connectivity index (χ1) is 9.40. The fourth-order valence-electron chi connectivity index (χ4n) is 2.06. The molecular weight excluding hydrogens is 331 g/mol. The Balaban J connectivity index is 2.35. The molecule has 0 amide bonds. The van der Waals surface area contributed by atoms with E-state index in [0.29, 0.717) is 15.6 Å². The minimum Gasteiger partial charge on any atom is -0.323 e. The van der Waals surface area contributed by atoms with Crippen LogP contribution in [0.25, 0.3) is 0 Å². The van der Waals surface area contributed by atoms with E-state index in [0.717, 1.165) is 0 Å².